The van der Waals surface area contributed by atoms with Crippen LogP contribution in [0.1, 0.15) is 27.9 Å². The maximum atomic E-state index is 11.8. The molecule has 0 atom stereocenters. The number of amides is 1. The Bertz CT molecular complexity index is 717. The van der Waals surface area contributed by atoms with Gasteiger partial charge < -0.3 is 14.5 Å². The number of hydrogen-bond acceptors (Lipinski definition) is 5. The van der Waals surface area contributed by atoms with Crippen molar-refractivity contribution in [2.75, 3.05) is 11.9 Å². The Hall–Kier alpha value is -1.86. The van der Waals surface area contributed by atoms with E-state index in [1.807, 2.05) is 0 Å². The average Bonchev–Trinajstić information content (AvgIpc) is 3.03. The van der Waals surface area contributed by atoms with Gasteiger partial charge in [0.15, 0.2) is 4.67 Å². The number of ether oxygens (including phenoxy) is 1. The summed E-state index contributed by atoms with van der Waals surface area (Å²) in [5.74, 6) is -0.109. The first-order valence-corrected chi connectivity index (χ1v) is 8.12. The number of thiophene rings is 1. The van der Waals surface area contributed by atoms with Crippen molar-refractivity contribution in [1.82, 2.24) is 0 Å². The predicted molar refractivity (Wildman–Crippen MR) is 89.1 cm³/mol. The van der Waals surface area contributed by atoms with E-state index in [0.717, 1.165) is 5.56 Å². The summed E-state index contributed by atoms with van der Waals surface area (Å²) in [4.78, 5) is 24.1. The Morgan fingerprint density at radius 2 is 2.23 bits per heavy atom. The van der Waals surface area contributed by atoms with Crippen molar-refractivity contribution in [3.63, 3.8) is 0 Å². The lowest BCUT2D eigenvalue weighted by Crippen LogP contribution is -2.06. The molecule has 0 aliphatic heterocycles. The topological polar surface area (TPSA) is 68.5 Å². The summed E-state index contributed by atoms with van der Waals surface area (Å²) in [5.41, 5.74) is 0.776. The zero-order valence-electron chi connectivity index (χ0n) is 12.0. The minimum Gasteiger partial charge on any atom is -0.462 e. The monoisotopic (exact) mass is 383 g/mol. The molecule has 0 bridgehead atoms. The van der Waals surface area contributed by atoms with Crippen LogP contribution in [0.2, 0.25) is 0 Å². The van der Waals surface area contributed by atoms with Crippen LogP contribution in [0.5, 0.6) is 0 Å². The second-order valence-corrected chi connectivity index (χ2v) is 6.14. The molecule has 0 saturated heterocycles. The van der Waals surface area contributed by atoms with Crippen molar-refractivity contribution >= 4 is 50.2 Å². The minimum atomic E-state index is -0.374. The molecule has 2 rings (SSSR count). The van der Waals surface area contributed by atoms with Gasteiger partial charge in [-0.2, -0.15) is 0 Å². The number of carbonyl (C=O) groups is 2. The second kappa shape index (κ2) is 7.42. The number of halogens is 1. The maximum Gasteiger partial charge on any atom is 0.348 e. The molecule has 0 fully saturated rings. The molecule has 0 saturated carbocycles. The van der Waals surface area contributed by atoms with Gasteiger partial charge in [0.25, 0.3) is 0 Å². The highest BCUT2D eigenvalue weighted by atomic mass is 79.9. The van der Waals surface area contributed by atoms with Crippen molar-refractivity contribution in [2.24, 2.45) is 0 Å². The Labute approximate surface area is 140 Å². The molecule has 0 aliphatic rings. The van der Waals surface area contributed by atoms with Crippen LogP contribution in [0, 0.1) is 6.92 Å². The highest BCUT2D eigenvalue weighted by Crippen LogP contribution is 2.27. The van der Waals surface area contributed by atoms with Gasteiger partial charge in [0.2, 0.25) is 5.91 Å². The molecule has 116 valence electrons. The normalized spacial score (nSPS) is 10.9. The van der Waals surface area contributed by atoms with Gasteiger partial charge in [0.05, 0.1) is 11.6 Å². The van der Waals surface area contributed by atoms with Crippen molar-refractivity contribution in [2.45, 2.75) is 13.8 Å². The van der Waals surface area contributed by atoms with Crippen LogP contribution < -0.4 is 5.32 Å². The molecule has 1 amide bonds. The van der Waals surface area contributed by atoms with Gasteiger partial charge >= 0.3 is 5.97 Å². The van der Waals surface area contributed by atoms with Crippen LogP contribution in [-0.4, -0.2) is 18.5 Å². The summed E-state index contributed by atoms with van der Waals surface area (Å²) in [7, 11) is 0. The molecular weight excluding hydrogens is 370 g/mol. The lowest BCUT2D eigenvalue weighted by Gasteiger charge is -1.99. The van der Waals surface area contributed by atoms with Crippen LogP contribution in [0.4, 0.5) is 5.00 Å². The summed E-state index contributed by atoms with van der Waals surface area (Å²) in [5, 5.41) is 3.30. The summed E-state index contributed by atoms with van der Waals surface area (Å²) >= 11 is 4.38. The molecule has 2 aromatic rings. The van der Waals surface area contributed by atoms with Gasteiger partial charge in [-0.3, -0.25) is 4.79 Å². The summed E-state index contributed by atoms with van der Waals surface area (Å²) in [6, 6.07) is 5.22. The molecule has 0 unspecified atom stereocenters. The third-order valence-electron chi connectivity index (χ3n) is 2.62. The highest BCUT2D eigenvalue weighted by molar-refractivity contribution is 9.10. The number of rotatable bonds is 5. The van der Waals surface area contributed by atoms with Gasteiger partial charge in [0, 0.05) is 6.08 Å². The van der Waals surface area contributed by atoms with E-state index in [0.29, 0.717) is 26.9 Å². The van der Waals surface area contributed by atoms with E-state index in [-0.39, 0.29) is 11.9 Å². The molecule has 0 aromatic carbocycles. The van der Waals surface area contributed by atoms with Crippen LogP contribution in [-0.2, 0) is 9.53 Å². The van der Waals surface area contributed by atoms with E-state index in [1.54, 1.807) is 38.1 Å². The van der Waals surface area contributed by atoms with Crippen LogP contribution in [0.3, 0.4) is 0 Å². The lowest BCUT2D eigenvalue weighted by molar-refractivity contribution is -0.111. The molecule has 7 heteroatoms. The van der Waals surface area contributed by atoms with Gasteiger partial charge in [0.1, 0.15) is 10.6 Å². The maximum absolute atomic E-state index is 11.8. The van der Waals surface area contributed by atoms with Crippen molar-refractivity contribution in [3.8, 4) is 0 Å². The number of esters is 1. The fourth-order valence-corrected chi connectivity index (χ4v) is 2.97. The highest BCUT2D eigenvalue weighted by Gasteiger charge is 2.15. The number of aryl methyl sites for hydroxylation is 1. The van der Waals surface area contributed by atoms with Crippen LogP contribution >= 0.6 is 27.3 Å². The number of carbonyl (C=O) groups excluding carboxylic acids is 2. The SMILES string of the molecule is CCOC(=O)c1sc(NC(=O)C=Cc2ccc(Br)o2)cc1C. The van der Waals surface area contributed by atoms with Crippen LogP contribution in [0.15, 0.2) is 33.4 Å². The van der Waals surface area contributed by atoms with E-state index in [2.05, 4.69) is 21.2 Å². The number of furan rings is 1. The van der Waals surface area contributed by atoms with Gasteiger partial charge in [-0.15, -0.1) is 11.3 Å². The zero-order chi connectivity index (χ0) is 16.1. The smallest absolute Gasteiger partial charge is 0.348 e. The van der Waals surface area contributed by atoms with Gasteiger partial charge in [-0.1, -0.05) is 0 Å². The molecule has 2 heterocycles. The molecule has 0 spiro atoms. The Morgan fingerprint density at radius 1 is 1.45 bits per heavy atom. The quantitative estimate of drug-likeness (QED) is 0.619. The third kappa shape index (κ3) is 4.32. The second-order valence-electron chi connectivity index (χ2n) is 4.31. The Kier molecular flexibility index (Phi) is 5.57. The molecule has 22 heavy (non-hydrogen) atoms. The summed E-state index contributed by atoms with van der Waals surface area (Å²) < 4.78 is 10.8. The Morgan fingerprint density at radius 3 is 2.86 bits per heavy atom. The van der Waals surface area contributed by atoms with Crippen molar-refractivity contribution in [3.05, 3.63) is 45.1 Å². The first-order valence-electron chi connectivity index (χ1n) is 6.51. The molecule has 2 aromatic heterocycles. The van der Waals surface area contributed by atoms with E-state index in [4.69, 9.17) is 9.15 Å². The molecule has 1 N–H and O–H groups in total. The van der Waals surface area contributed by atoms with E-state index in [9.17, 15) is 9.59 Å². The first kappa shape index (κ1) is 16.5. The number of hydrogen-bond donors (Lipinski definition) is 1. The lowest BCUT2D eigenvalue weighted by atomic mass is 10.3. The summed E-state index contributed by atoms with van der Waals surface area (Å²) in [6.07, 6.45) is 2.93. The molecular formula is C15H14BrNO4S. The average molecular weight is 384 g/mol. The van der Waals surface area contributed by atoms with Crippen molar-refractivity contribution in [1.29, 1.82) is 0 Å². The fraction of sp³-hybridized carbons (Fsp3) is 0.200. The third-order valence-corrected chi connectivity index (χ3v) is 4.18. The minimum absolute atomic E-state index is 0.302. The van der Waals surface area contributed by atoms with E-state index >= 15 is 0 Å². The van der Waals surface area contributed by atoms with Gasteiger partial charge in [-0.05, 0) is 59.6 Å². The first-order chi connectivity index (χ1) is 10.5. The number of anilines is 1. The van der Waals surface area contributed by atoms with Crippen LogP contribution in [0.25, 0.3) is 6.08 Å². The molecule has 5 nitrogen and oxygen atoms in total. The van der Waals surface area contributed by atoms with E-state index in [1.165, 1.54) is 17.4 Å². The van der Waals surface area contributed by atoms with E-state index < -0.39 is 0 Å². The molecule has 0 radical (unpaired) electrons. The van der Waals surface area contributed by atoms with Crippen molar-refractivity contribution < 1.29 is 18.7 Å². The Balaban J connectivity index is 2.01. The van der Waals surface area contributed by atoms with Gasteiger partial charge in [-0.25, -0.2) is 4.79 Å². The summed E-state index contributed by atoms with van der Waals surface area (Å²) in [6.45, 7) is 3.87. The molecule has 0 aliphatic carbocycles. The predicted octanol–water partition coefficient (Wildman–Crippen LogP) is 4.24. The number of nitrogens with one attached hydrogen (secondary N) is 1. The standard InChI is InChI=1S/C15H14BrNO4S/c1-3-20-15(19)14-9(2)8-13(22-14)17-12(18)7-5-10-4-6-11(16)21-10/h4-8H,3H2,1-2H3,(H,17,18). The largest absolute Gasteiger partial charge is 0.462 e. The zero-order valence-corrected chi connectivity index (χ0v) is 14.4. The fourth-order valence-electron chi connectivity index (χ4n) is 1.68.